The summed E-state index contributed by atoms with van der Waals surface area (Å²) in [5, 5.41) is 0. The molecule has 0 radical (unpaired) electrons. The molecule has 21 heavy (non-hydrogen) atoms. The van der Waals surface area contributed by atoms with Crippen molar-refractivity contribution in [1.82, 2.24) is 19.1 Å². The van der Waals surface area contributed by atoms with E-state index in [-0.39, 0.29) is 11.2 Å². The van der Waals surface area contributed by atoms with Crippen molar-refractivity contribution < 1.29 is 0 Å². The van der Waals surface area contributed by atoms with Gasteiger partial charge in [0.1, 0.15) is 5.52 Å². The van der Waals surface area contributed by atoms with E-state index in [2.05, 4.69) is 9.97 Å². The molecule has 0 bridgehead atoms. The molecule has 0 aliphatic carbocycles. The van der Waals surface area contributed by atoms with Crippen molar-refractivity contribution in [2.45, 2.75) is 33.9 Å². The van der Waals surface area contributed by atoms with Gasteiger partial charge >= 0.3 is 5.69 Å². The predicted molar refractivity (Wildman–Crippen MR) is 84.0 cm³/mol. The van der Waals surface area contributed by atoms with Crippen LogP contribution in [0.5, 0.6) is 0 Å². The first-order valence-corrected chi connectivity index (χ1v) is 7.68. The molecule has 0 spiro atoms. The largest absolute Gasteiger partial charge is 0.332 e. The maximum absolute atomic E-state index is 12.4. The van der Waals surface area contributed by atoms with E-state index < -0.39 is 0 Å². The molecule has 0 fully saturated rings. The second kappa shape index (κ2) is 5.00. The zero-order valence-electron chi connectivity index (χ0n) is 12.1. The molecule has 0 aromatic carbocycles. The lowest BCUT2D eigenvalue weighted by molar-refractivity contribution is 0.606. The number of nitrogens with zero attached hydrogens (tertiary/aromatic N) is 3. The summed E-state index contributed by atoms with van der Waals surface area (Å²) in [4.78, 5) is 34.3. The van der Waals surface area contributed by atoms with Crippen molar-refractivity contribution in [1.29, 1.82) is 0 Å². The van der Waals surface area contributed by atoms with Crippen LogP contribution in [0.25, 0.3) is 21.9 Å². The summed E-state index contributed by atoms with van der Waals surface area (Å²) in [5.41, 5.74) is 0.199. The van der Waals surface area contributed by atoms with Crippen LogP contribution in [0.3, 0.4) is 0 Å². The number of aromatic nitrogens is 4. The Morgan fingerprint density at radius 1 is 1.19 bits per heavy atom. The monoisotopic (exact) mass is 304 g/mol. The number of hydrogen-bond acceptors (Lipinski definition) is 4. The van der Waals surface area contributed by atoms with E-state index in [1.807, 2.05) is 26.0 Å². The molecule has 0 aliphatic heterocycles. The van der Waals surface area contributed by atoms with Crippen LogP contribution in [0.15, 0.2) is 21.7 Å². The number of thiophene rings is 1. The van der Waals surface area contributed by atoms with Crippen LogP contribution < -0.4 is 11.2 Å². The van der Waals surface area contributed by atoms with Gasteiger partial charge in [-0.15, -0.1) is 11.3 Å². The van der Waals surface area contributed by atoms with Gasteiger partial charge < -0.3 is 4.98 Å². The summed E-state index contributed by atoms with van der Waals surface area (Å²) in [6.45, 7) is 6.50. The van der Waals surface area contributed by atoms with Crippen molar-refractivity contribution >= 4 is 22.5 Å². The Hall–Kier alpha value is -2.15. The van der Waals surface area contributed by atoms with E-state index in [9.17, 15) is 9.59 Å². The van der Waals surface area contributed by atoms with Crippen molar-refractivity contribution in [3.05, 3.63) is 37.8 Å². The second-order valence-corrected chi connectivity index (χ2v) is 6.06. The summed E-state index contributed by atoms with van der Waals surface area (Å²) in [7, 11) is 0. The SMILES string of the molecule is CCn1c(=O)c2[nH]c(-c3ccc(C)s3)nc2n(CC)c1=O. The first-order chi connectivity index (χ1) is 10.1. The zero-order chi connectivity index (χ0) is 15.1. The number of aryl methyl sites for hydroxylation is 2. The predicted octanol–water partition coefficient (Wildman–Crippen LogP) is 1.96. The zero-order valence-corrected chi connectivity index (χ0v) is 13.0. The summed E-state index contributed by atoms with van der Waals surface area (Å²) in [6, 6.07) is 3.97. The van der Waals surface area contributed by atoms with Crippen LogP contribution >= 0.6 is 11.3 Å². The minimum atomic E-state index is -0.311. The first-order valence-electron chi connectivity index (χ1n) is 6.87. The van der Waals surface area contributed by atoms with Crippen molar-refractivity contribution in [2.24, 2.45) is 0 Å². The normalized spacial score (nSPS) is 11.4. The average molecular weight is 304 g/mol. The molecule has 3 aromatic rings. The van der Waals surface area contributed by atoms with Crippen LogP contribution in [0, 0.1) is 6.92 Å². The Balaban J connectivity index is 2.38. The Kier molecular flexibility index (Phi) is 3.29. The van der Waals surface area contributed by atoms with Crippen LogP contribution in [0.1, 0.15) is 18.7 Å². The lowest BCUT2D eigenvalue weighted by atomic mass is 10.4. The van der Waals surface area contributed by atoms with Gasteiger partial charge in [-0.25, -0.2) is 9.78 Å². The number of aromatic amines is 1. The van der Waals surface area contributed by atoms with Crippen LogP contribution in [0.2, 0.25) is 0 Å². The summed E-state index contributed by atoms with van der Waals surface area (Å²) >= 11 is 1.60. The smallest absolute Gasteiger partial charge is 0.331 e. The molecule has 110 valence electrons. The number of hydrogen-bond donors (Lipinski definition) is 1. The van der Waals surface area contributed by atoms with Gasteiger partial charge in [-0.05, 0) is 32.9 Å². The molecule has 3 rings (SSSR count). The molecule has 7 heteroatoms. The Morgan fingerprint density at radius 2 is 1.90 bits per heavy atom. The van der Waals surface area contributed by atoms with Gasteiger partial charge in [-0.3, -0.25) is 13.9 Å². The Labute approximate surface area is 124 Å². The lowest BCUT2D eigenvalue weighted by Crippen LogP contribution is -2.39. The fourth-order valence-electron chi connectivity index (χ4n) is 2.41. The topological polar surface area (TPSA) is 72.7 Å². The molecule has 0 saturated carbocycles. The fraction of sp³-hybridized carbons (Fsp3) is 0.357. The van der Waals surface area contributed by atoms with Crippen molar-refractivity contribution in [2.75, 3.05) is 0 Å². The third-order valence-corrected chi connectivity index (χ3v) is 4.47. The van der Waals surface area contributed by atoms with Gasteiger partial charge in [0, 0.05) is 18.0 Å². The number of nitrogens with one attached hydrogen (secondary N) is 1. The molecule has 3 aromatic heterocycles. The van der Waals surface area contributed by atoms with E-state index in [4.69, 9.17) is 0 Å². The standard InChI is InChI=1S/C14H16N4O2S/c1-4-17-12-10(13(19)18(5-2)14(17)20)15-11(16-12)9-7-6-8(3)21-9/h6-7H,4-5H2,1-3H3,(H,15,16). The average Bonchev–Trinajstić information content (AvgIpc) is 3.06. The van der Waals surface area contributed by atoms with E-state index in [1.54, 1.807) is 18.3 Å². The number of rotatable bonds is 3. The molecule has 0 unspecified atom stereocenters. The molecule has 0 aliphatic rings. The fourth-order valence-corrected chi connectivity index (χ4v) is 3.22. The van der Waals surface area contributed by atoms with Gasteiger partial charge in [-0.1, -0.05) is 0 Å². The third kappa shape index (κ3) is 2.04. The van der Waals surface area contributed by atoms with Gasteiger partial charge in [0.15, 0.2) is 11.5 Å². The van der Waals surface area contributed by atoms with Gasteiger partial charge in [-0.2, -0.15) is 0 Å². The van der Waals surface area contributed by atoms with Gasteiger partial charge in [0.25, 0.3) is 5.56 Å². The maximum Gasteiger partial charge on any atom is 0.332 e. The number of H-pyrrole nitrogens is 1. The third-order valence-electron chi connectivity index (χ3n) is 3.47. The molecule has 0 saturated heterocycles. The van der Waals surface area contributed by atoms with Gasteiger partial charge in [0.05, 0.1) is 4.88 Å². The Bertz CT molecular complexity index is 929. The molecule has 1 N–H and O–H groups in total. The molecule has 3 heterocycles. The minimum absolute atomic E-state index is 0.307. The molecule has 0 atom stereocenters. The number of imidazole rings is 1. The van der Waals surface area contributed by atoms with Crippen LogP contribution in [0.4, 0.5) is 0 Å². The van der Waals surface area contributed by atoms with E-state index in [0.717, 1.165) is 4.88 Å². The highest BCUT2D eigenvalue weighted by Gasteiger charge is 2.16. The Morgan fingerprint density at radius 3 is 2.48 bits per heavy atom. The molecule has 0 amide bonds. The highest BCUT2D eigenvalue weighted by Crippen LogP contribution is 2.26. The van der Waals surface area contributed by atoms with Crippen molar-refractivity contribution in [3.63, 3.8) is 0 Å². The quantitative estimate of drug-likeness (QED) is 0.804. The summed E-state index contributed by atoms with van der Waals surface area (Å²) in [6.07, 6.45) is 0. The van der Waals surface area contributed by atoms with Gasteiger partial charge in [0.2, 0.25) is 0 Å². The summed E-state index contributed by atoms with van der Waals surface area (Å²) in [5.74, 6) is 0.635. The first kappa shape index (κ1) is 13.8. The summed E-state index contributed by atoms with van der Waals surface area (Å²) < 4.78 is 2.76. The highest BCUT2D eigenvalue weighted by atomic mass is 32.1. The maximum atomic E-state index is 12.4. The van der Waals surface area contributed by atoms with E-state index in [0.29, 0.717) is 30.1 Å². The number of fused-ring (bicyclic) bond motifs is 1. The highest BCUT2D eigenvalue weighted by molar-refractivity contribution is 7.15. The minimum Gasteiger partial charge on any atom is -0.331 e. The van der Waals surface area contributed by atoms with E-state index in [1.165, 1.54) is 14.0 Å². The lowest BCUT2D eigenvalue weighted by Gasteiger charge is -2.06. The van der Waals surface area contributed by atoms with E-state index >= 15 is 0 Å². The van der Waals surface area contributed by atoms with Crippen molar-refractivity contribution in [3.8, 4) is 10.7 Å². The second-order valence-electron chi connectivity index (χ2n) is 4.77. The molecule has 6 nitrogen and oxygen atoms in total. The van der Waals surface area contributed by atoms with Crippen LogP contribution in [-0.4, -0.2) is 19.1 Å². The molecular formula is C14H16N4O2S. The molecular weight excluding hydrogens is 288 g/mol. The van der Waals surface area contributed by atoms with Crippen LogP contribution in [-0.2, 0) is 13.1 Å².